The predicted molar refractivity (Wildman–Crippen MR) is 122 cm³/mol. The van der Waals surface area contributed by atoms with Gasteiger partial charge in [0.15, 0.2) is 12.4 Å². The Labute approximate surface area is 195 Å². The maximum Gasteiger partial charge on any atom is 0.338 e. The van der Waals surface area contributed by atoms with Gasteiger partial charge < -0.3 is 9.72 Å². The van der Waals surface area contributed by atoms with Gasteiger partial charge in [-0.1, -0.05) is 30.3 Å². The fourth-order valence-electron chi connectivity index (χ4n) is 4.17. The number of aromatic nitrogens is 1. The van der Waals surface area contributed by atoms with Crippen LogP contribution in [0.1, 0.15) is 75.7 Å². The summed E-state index contributed by atoms with van der Waals surface area (Å²) in [5, 5.41) is 0. The average molecular weight is 458 g/mol. The molecule has 1 N–H and O–H groups in total. The molecule has 2 heterocycles. The first kappa shape index (κ1) is 22.8. The van der Waals surface area contributed by atoms with Gasteiger partial charge in [-0.15, -0.1) is 0 Å². The van der Waals surface area contributed by atoms with Crippen LogP contribution >= 0.6 is 0 Å². The molecule has 0 radical (unpaired) electrons. The molecule has 0 unspecified atom stereocenters. The van der Waals surface area contributed by atoms with Gasteiger partial charge in [-0.25, -0.2) is 4.79 Å². The van der Waals surface area contributed by atoms with Gasteiger partial charge in [-0.05, 0) is 50.1 Å². The number of aromatic amines is 1. The summed E-state index contributed by atoms with van der Waals surface area (Å²) >= 11 is 0. The number of nitrogens with one attached hydrogen (secondary N) is 1. The molecule has 2 amide bonds. The van der Waals surface area contributed by atoms with E-state index in [1.165, 1.54) is 25.1 Å². The number of benzene rings is 2. The van der Waals surface area contributed by atoms with Crippen LogP contribution in [0.15, 0.2) is 48.5 Å². The highest BCUT2D eigenvalue weighted by molar-refractivity contribution is 6.22. The lowest BCUT2D eigenvalue weighted by atomic mass is 10.1. The summed E-state index contributed by atoms with van der Waals surface area (Å²) in [6.45, 7) is 4.34. The molecule has 1 aliphatic heterocycles. The number of rotatable bonds is 7. The summed E-state index contributed by atoms with van der Waals surface area (Å²) in [5.41, 5.74) is 2.91. The van der Waals surface area contributed by atoms with Crippen LogP contribution in [0.3, 0.4) is 0 Å². The van der Waals surface area contributed by atoms with Gasteiger partial charge in [0, 0.05) is 11.3 Å². The third-order valence-electron chi connectivity index (χ3n) is 5.79. The van der Waals surface area contributed by atoms with Gasteiger partial charge in [0.25, 0.3) is 11.8 Å². The molecule has 1 aliphatic rings. The molecular formula is C26H22N2O6. The molecule has 0 saturated carbocycles. The van der Waals surface area contributed by atoms with E-state index in [4.69, 9.17) is 4.74 Å². The number of H-pyrrole nitrogens is 1. The number of nitrogens with zero attached hydrogens (tertiary/aromatic N) is 1. The third kappa shape index (κ3) is 4.05. The fourth-order valence-corrected chi connectivity index (χ4v) is 4.17. The van der Waals surface area contributed by atoms with E-state index >= 15 is 0 Å². The van der Waals surface area contributed by atoms with Crippen molar-refractivity contribution in [2.45, 2.75) is 27.3 Å². The lowest BCUT2D eigenvalue weighted by Crippen LogP contribution is -2.29. The third-order valence-corrected chi connectivity index (χ3v) is 5.79. The quantitative estimate of drug-likeness (QED) is 0.328. The number of esters is 1. The van der Waals surface area contributed by atoms with Crippen LogP contribution in [0, 0.1) is 13.8 Å². The van der Waals surface area contributed by atoms with Gasteiger partial charge in [-0.2, -0.15) is 0 Å². The van der Waals surface area contributed by atoms with Crippen molar-refractivity contribution in [1.82, 2.24) is 9.88 Å². The maximum absolute atomic E-state index is 12.8. The van der Waals surface area contributed by atoms with E-state index in [1.807, 2.05) is 30.3 Å². The van der Waals surface area contributed by atoms with E-state index < -0.39 is 30.2 Å². The number of ketones is 2. The molecule has 8 heteroatoms. The summed E-state index contributed by atoms with van der Waals surface area (Å²) in [7, 11) is 0. The molecule has 0 saturated heterocycles. The van der Waals surface area contributed by atoms with Crippen molar-refractivity contribution in [3.63, 3.8) is 0 Å². The van der Waals surface area contributed by atoms with Crippen molar-refractivity contribution in [3.05, 3.63) is 93.3 Å². The first-order valence-corrected chi connectivity index (χ1v) is 10.6. The van der Waals surface area contributed by atoms with Gasteiger partial charge >= 0.3 is 5.97 Å². The smallest absolute Gasteiger partial charge is 0.338 e. The van der Waals surface area contributed by atoms with Crippen LogP contribution in [0.25, 0.3) is 0 Å². The second kappa shape index (κ2) is 8.90. The van der Waals surface area contributed by atoms with Crippen LogP contribution in [0.5, 0.6) is 0 Å². The van der Waals surface area contributed by atoms with Crippen LogP contribution in [0.2, 0.25) is 0 Å². The predicted octanol–water partition coefficient (Wildman–Crippen LogP) is 3.67. The second-order valence-corrected chi connectivity index (χ2v) is 8.12. The van der Waals surface area contributed by atoms with E-state index in [9.17, 15) is 24.0 Å². The molecule has 1 aromatic heterocycles. The van der Waals surface area contributed by atoms with E-state index in [1.54, 1.807) is 13.8 Å². The van der Waals surface area contributed by atoms with E-state index in [0.717, 1.165) is 10.5 Å². The highest BCUT2D eigenvalue weighted by atomic mass is 16.5. The van der Waals surface area contributed by atoms with E-state index in [-0.39, 0.29) is 34.7 Å². The number of fused-ring (bicyclic) bond motifs is 1. The lowest BCUT2D eigenvalue weighted by molar-refractivity contribution is 0.0473. The summed E-state index contributed by atoms with van der Waals surface area (Å²) in [6.07, 6.45) is 0. The van der Waals surface area contributed by atoms with Crippen LogP contribution < -0.4 is 0 Å². The molecule has 8 nitrogen and oxygen atoms in total. The molecule has 172 valence electrons. The second-order valence-electron chi connectivity index (χ2n) is 8.12. The molecule has 4 rings (SSSR count). The number of Topliss-reactive ketones (excluding diaryl/α,β-unsaturated/α-hetero) is 2. The van der Waals surface area contributed by atoms with Crippen molar-refractivity contribution in [1.29, 1.82) is 0 Å². The highest BCUT2D eigenvalue weighted by Gasteiger charge is 2.36. The number of hydrogen-bond donors (Lipinski definition) is 1. The molecule has 0 atom stereocenters. The van der Waals surface area contributed by atoms with Crippen LogP contribution in [-0.2, 0) is 11.3 Å². The average Bonchev–Trinajstić information content (AvgIpc) is 3.25. The van der Waals surface area contributed by atoms with Crippen LogP contribution in [0.4, 0.5) is 0 Å². The van der Waals surface area contributed by atoms with E-state index in [0.29, 0.717) is 16.8 Å². The van der Waals surface area contributed by atoms with Gasteiger partial charge in [-0.3, -0.25) is 24.1 Å². The molecule has 0 bridgehead atoms. The molecule has 3 aromatic rings. The van der Waals surface area contributed by atoms with E-state index in [2.05, 4.69) is 4.98 Å². The number of hydrogen-bond acceptors (Lipinski definition) is 6. The minimum Gasteiger partial charge on any atom is -0.454 e. The van der Waals surface area contributed by atoms with Gasteiger partial charge in [0.1, 0.15) is 0 Å². The monoisotopic (exact) mass is 458 g/mol. The lowest BCUT2D eigenvalue weighted by Gasteiger charge is -2.13. The Morgan fingerprint density at radius 2 is 1.62 bits per heavy atom. The number of aryl methyl sites for hydroxylation is 1. The Morgan fingerprint density at radius 1 is 0.941 bits per heavy atom. The first-order chi connectivity index (χ1) is 16.2. The number of ether oxygens (including phenoxy) is 1. The van der Waals surface area contributed by atoms with Crippen molar-refractivity contribution in [3.8, 4) is 0 Å². The zero-order valence-corrected chi connectivity index (χ0v) is 18.9. The normalized spacial score (nSPS) is 12.6. The minimum absolute atomic E-state index is 0.0538. The molecular weight excluding hydrogens is 436 g/mol. The van der Waals surface area contributed by atoms with Crippen molar-refractivity contribution in [2.24, 2.45) is 0 Å². The zero-order chi connectivity index (χ0) is 24.6. The summed E-state index contributed by atoms with van der Waals surface area (Å²) in [5.74, 6) is -2.38. The fraction of sp³-hybridized carbons (Fsp3) is 0.192. The summed E-state index contributed by atoms with van der Waals surface area (Å²) < 4.78 is 5.15. The number of imide groups is 1. The Hall–Kier alpha value is -4.33. The summed E-state index contributed by atoms with van der Waals surface area (Å²) in [6, 6.07) is 13.2. The van der Waals surface area contributed by atoms with Crippen molar-refractivity contribution >= 4 is 29.4 Å². The molecule has 0 spiro atoms. The molecule has 34 heavy (non-hydrogen) atoms. The summed E-state index contributed by atoms with van der Waals surface area (Å²) in [4.78, 5) is 66.4. The first-order valence-electron chi connectivity index (χ1n) is 10.6. The topological polar surface area (TPSA) is 114 Å². The maximum atomic E-state index is 12.8. The van der Waals surface area contributed by atoms with Crippen LogP contribution in [-0.4, -0.2) is 45.8 Å². The largest absolute Gasteiger partial charge is 0.454 e. The molecule has 2 aromatic carbocycles. The van der Waals surface area contributed by atoms with Gasteiger partial charge in [0.05, 0.1) is 28.9 Å². The minimum atomic E-state index is -0.800. The SMILES string of the molecule is CC(=O)c1c(C)[nH]c(C(=O)COC(=O)c2ccc3c(c2)C(=O)N(Cc2ccccc2)C3=O)c1C. The molecule has 0 fully saturated rings. The van der Waals surface area contributed by atoms with Gasteiger partial charge in [0.2, 0.25) is 5.78 Å². The Balaban J connectivity index is 1.47. The highest BCUT2D eigenvalue weighted by Crippen LogP contribution is 2.26. The molecule has 0 aliphatic carbocycles. The van der Waals surface area contributed by atoms with Crippen molar-refractivity contribution < 1.29 is 28.7 Å². The number of amides is 2. The zero-order valence-electron chi connectivity index (χ0n) is 18.9. The standard InChI is InChI=1S/C26H22N2O6/c1-14-22(16(3)29)15(2)27-23(14)21(30)13-34-26(33)18-9-10-19-20(11-18)25(32)28(24(19)31)12-17-7-5-4-6-8-17/h4-11,27H,12-13H2,1-3H3. The Kier molecular flexibility index (Phi) is 5.98. The Morgan fingerprint density at radius 3 is 2.26 bits per heavy atom. The number of carbonyl (C=O) groups excluding carboxylic acids is 5. The Bertz CT molecular complexity index is 1350. The van der Waals surface area contributed by atoms with Crippen molar-refractivity contribution in [2.75, 3.05) is 6.61 Å². The number of carbonyl (C=O) groups is 5.